The molecule has 0 aliphatic carbocycles. The number of nitrogens with one attached hydrogen (secondary N) is 2. The first-order chi connectivity index (χ1) is 17.0. The molecule has 0 unspecified atom stereocenters. The fourth-order valence-corrected chi connectivity index (χ4v) is 4.47. The lowest BCUT2D eigenvalue weighted by Crippen LogP contribution is -2.44. The van der Waals surface area contributed by atoms with E-state index >= 15 is 0 Å². The first kappa shape index (κ1) is 26.1. The fourth-order valence-electron chi connectivity index (χ4n) is 4.18. The molecule has 1 saturated heterocycles. The number of aromatic nitrogens is 2. The van der Waals surface area contributed by atoms with Crippen LogP contribution >= 0.6 is 15.9 Å². The number of rotatable bonds is 7. The second kappa shape index (κ2) is 10.6. The largest absolute Gasteiger partial charge is 0.495 e. The zero-order chi connectivity index (χ0) is 26.0. The summed E-state index contributed by atoms with van der Waals surface area (Å²) in [6.45, 7) is 9.22. The number of ether oxygens (including phenoxy) is 1. The standard InChI is InChI=1S/C26H32BrFN6O2/c1-16-12-22(34-10-8-33(4)9-11-34)23(36-5)14-20(16)31-25-29-15-19(27)24(32-25)30-21-13-17(28)6-7-18(21)26(2,3)35/h6-7,12-15,35H,8-11H2,1-5H3,(H2,29,30,31,32). The first-order valence-electron chi connectivity index (χ1n) is 11.8. The predicted molar refractivity (Wildman–Crippen MR) is 145 cm³/mol. The lowest BCUT2D eigenvalue weighted by atomic mass is 9.96. The third-order valence-electron chi connectivity index (χ3n) is 6.25. The van der Waals surface area contributed by atoms with Gasteiger partial charge in [0.1, 0.15) is 17.4 Å². The summed E-state index contributed by atoms with van der Waals surface area (Å²) in [4.78, 5) is 13.6. The highest BCUT2D eigenvalue weighted by Crippen LogP contribution is 2.36. The average Bonchev–Trinajstić information content (AvgIpc) is 2.82. The number of aryl methyl sites for hydroxylation is 1. The zero-order valence-electron chi connectivity index (χ0n) is 21.2. The van der Waals surface area contributed by atoms with Crippen molar-refractivity contribution >= 4 is 44.8 Å². The first-order valence-corrected chi connectivity index (χ1v) is 12.6. The number of halogens is 2. The molecule has 36 heavy (non-hydrogen) atoms. The van der Waals surface area contributed by atoms with Crippen LogP contribution in [0.2, 0.25) is 0 Å². The van der Waals surface area contributed by atoms with Crippen LogP contribution in [0.3, 0.4) is 0 Å². The summed E-state index contributed by atoms with van der Waals surface area (Å²) < 4.78 is 20.3. The fraction of sp³-hybridized carbons (Fsp3) is 0.385. The molecule has 8 nitrogen and oxygen atoms in total. The Hall–Kier alpha value is -2.95. The van der Waals surface area contributed by atoms with Crippen molar-refractivity contribution in [2.24, 2.45) is 0 Å². The van der Waals surface area contributed by atoms with E-state index in [1.54, 1.807) is 33.2 Å². The molecule has 0 bridgehead atoms. The Bertz CT molecular complexity index is 1240. The minimum atomic E-state index is -1.17. The molecule has 1 aliphatic rings. The van der Waals surface area contributed by atoms with Gasteiger partial charge in [0.05, 0.1) is 22.9 Å². The Morgan fingerprint density at radius 1 is 1.08 bits per heavy atom. The van der Waals surface area contributed by atoms with Gasteiger partial charge in [-0.1, -0.05) is 6.07 Å². The lowest BCUT2D eigenvalue weighted by molar-refractivity contribution is 0.0793. The van der Waals surface area contributed by atoms with Gasteiger partial charge in [-0.05, 0) is 67.5 Å². The number of hydrogen-bond donors (Lipinski definition) is 3. The van der Waals surface area contributed by atoms with E-state index in [0.29, 0.717) is 27.5 Å². The quantitative estimate of drug-likeness (QED) is 0.366. The highest BCUT2D eigenvalue weighted by atomic mass is 79.9. The second-order valence-corrected chi connectivity index (χ2v) is 10.4. The molecule has 2 aromatic carbocycles. The van der Waals surface area contributed by atoms with Crippen LogP contribution in [0.4, 0.5) is 33.2 Å². The summed E-state index contributed by atoms with van der Waals surface area (Å²) in [6, 6.07) is 8.29. The van der Waals surface area contributed by atoms with E-state index < -0.39 is 11.4 Å². The molecule has 2 heterocycles. The number of nitrogens with zero attached hydrogens (tertiary/aromatic N) is 4. The number of piperazine rings is 1. The van der Waals surface area contributed by atoms with E-state index in [2.05, 4.69) is 59.4 Å². The third kappa shape index (κ3) is 5.88. The van der Waals surface area contributed by atoms with Gasteiger partial charge in [-0.2, -0.15) is 4.98 Å². The number of aliphatic hydroxyl groups is 1. The molecule has 192 valence electrons. The Morgan fingerprint density at radius 3 is 2.47 bits per heavy atom. The molecular formula is C26H32BrFN6O2. The van der Waals surface area contributed by atoms with Crippen molar-refractivity contribution in [2.75, 3.05) is 55.9 Å². The molecule has 0 saturated carbocycles. The smallest absolute Gasteiger partial charge is 0.229 e. The van der Waals surface area contributed by atoms with E-state index in [0.717, 1.165) is 48.9 Å². The van der Waals surface area contributed by atoms with Gasteiger partial charge in [0.25, 0.3) is 0 Å². The van der Waals surface area contributed by atoms with E-state index in [9.17, 15) is 9.50 Å². The lowest BCUT2D eigenvalue weighted by Gasteiger charge is -2.35. The van der Waals surface area contributed by atoms with Crippen molar-refractivity contribution < 1.29 is 14.2 Å². The maximum absolute atomic E-state index is 14.0. The highest BCUT2D eigenvalue weighted by Gasteiger charge is 2.22. The summed E-state index contributed by atoms with van der Waals surface area (Å²) in [7, 11) is 3.80. The molecule has 0 radical (unpaired) electrons. The molecule has 0 amide bonds. The number of hydrogen-bond acceptors (Lipinski definition) is 8. The summed E-state index contributed by atoms with van der Waals surface area (Å²) in [6.07, 6.45) is 1.62. The van der Waals surface area contributed by atoms with E-state index in [4.69, 9.17) is 4.74 Å². The van der Waals surface area contributed by atoms with Crippen molar-refractivity contribution in [1.29, 1.82) is 0 Å². The van der Waals surface area contributed by atoms with Gasteiger partial charge in [0, 0.05) is 55.4 Å². The van der Waals surface area contributed by atoms with Gasteiger partial charge in [-0.25, -0.2) is 9.37 Å². The third-order valence-corrected chi connectivity index (χ3v) is 6.83. The SMILES string of the molecule is COc1cc(Nc2ncc(Br)c(Nc3cc(F)ccc3C(C)(C)O)n2)c(C)cc1N1CCN(C)CC1. The number of anilines is 5. The number of methoxy groups -OCH3 is 1. The number of likely N-dealkylation sites (N-methyl/N-ethyl adjacent to an activating group) is 1. The minimum Gasteiger partial charge on any atom is -0.495 e. The summed E-state index contributed by atoms with van der Waals surface area (Å²) >= 11 is 3.46. The van der Waals surface area contributed by atoms with Crippen LogP contribution in [0.5, 0.6) is 5.75 Å². The van der Waals surface area contributed by atoms with Crippen LogP contribution in [-0.4, -0.2) is 60.3 Å². The van der Waals surface area contributed by atoms with Crippen LogP contribution in [0.1, 0.15) is 25.0 Å². The normalized spacial score (nSPS) is 14.6. The molecule has 1 fully saturated rings. The summed E-state index contributed by atoms with van der Waals surface area (Å²) in [5, 5.41) is 16.9. The van der Waals surface area contributed by atoms with Crippen molar-refractivity contribution in [3.63, 3.8) is 0 Å². The molecule has 3 aromatic rings. The van der Waals surface area contributed by atoms with Crippen LogP contribution in [0.15, 0.2) is 41.0 Å². The van der Waals surface area contributed by atoms with Crippen LogP contribution < -0.4 is 20.3 Å². The molecule has 4 rings (SSSR count). The Balaban J connectivity index is 1.61. The Labute approximate surface area is 219 Å². The van der Waals surface area contributed by atoms with Crippen LogP contribution in [0.25, 0.3) is 0 Å². The maximum Gasteiger partial charge on any atom is 0.229 e. The molecule has 0 spiro atoms. The monoisotopic (exact) mass is 558 g/mol. The average molecular weight is 559 g/mol. The maximum atomic E-state index is 14.0. The van der Waals surface area contributed by atoms with Gasteiger partial charge >= 0.3 is 0 Å². The van der Waals surface area contributed by atoms with Crippen molar-refractivity contribution in [1.82, 2.24) is 14.9 Å². The molecule has 3 N–H and O–H groups in total. The van der Waals surface area contributed by atoms with Crippen LogP contribution in [0, 0.1) is 12.7 Å². The van der Waals surface area contributed by atoms with E-state index in [1.165, 1.54) is 12.1 Å². The van der Waals surface area contributed by atoms with Gasteiger partial charge in [-0.3, -0.25) is 0 Å². The highest BCUT2D eigenvalue weighted by molar-refractivity contribution is 9.10. The Kier molecular flexibility index (Phi) is 7.67. The second-order valence-electron chi connectivity index (χ2n) is 9.52. The van der Waals surface area contributed by atoms with Gasteiger partial charge in [0.15, 0.2) is 0 Å². The van der Waals surface area contributed by atoms with E-state index in [-0.39, 0.29) is 0 Å². The minimum absolute atomic E-state index is 0.361. The van der Waals surface area contributed by atoms with Crippen molar-refractivity contribution in [3.05, 3.63) is 57.9 Å². The van der Waals surface area contributed by atoms with Crippen molar-refractivity contribution in [2.45, 2.75) is 26.4 Å². The molecule has 1 aliphatic heterocycles. The molecular weight excluding hydrogens is 527 g/mol. The molecule has 10 heteroatoms. The summed E-state index contributed by atoms with van der Waals surface area (Å²) in [5.41, 5.74) is 2.71. The van der Waals surface area contributed by atoms with Gasteiger partial charge in [-0.15, -0.1) is 0 Å². The predicted octanol–water partition coefficient (Wildman–Crippen LogP) is 5.16. The molecule has 1 aromatic heterocycles. The topological polar surface area (TPSA) is 85.8 Å². The van der Waals surface area contributed by atoms with Crippen LogP contribution in [-0.2, 0) is 5.60 Å². The zero-order valence-corrected chi connectivity index (χ0v) is 22.8. The Morgan fingerprint density at radius 2 is 1.81 bits per heavy atom. The van der Waals surface area contributed by atoms with Gasteiger partial charge in [0.2, 0.25) is 5.95 Å². The summed E-state index contributed by atoms with van der Waals surface area (Å²) in [5.74, 6) is 1.15. The number of benzene rings is 2. The van der Waals surface area contributed by atoms with Crippen molar-refractivity contribution in [3.8, 4) is 5.75 Å². The van der Waals surface area contributed by atoms with Gasteiger partial charge < -0.3 is 30.3 Å². The van der Waals surface area contributed by atoms with E-state index in [1.807, 2.05) is 13.0 Å². The molecule has 0 atom stereocenters.